The Labute approximate surface area is 412 Å². The largest absolute Gasteiger partial charge is 2.00 e. The van der Waals surface area contributed by atoms with E-state index in [2.05, 4.69) is 224 Å². The van der Waals surface area contributed by atoms with Crippen LogP contribution in [0.5, 0.6) is 11.5 Å². The molecule has 16 aromatic rings. The van der Waals surface area contributed by atoms with Gasteiger partial charge in [-0.1, -0.05) is 155 Å². The minimum atomic E-state index is 0. The predicted octanol–water partition coefficient (Wildman–Crippen LogP) is 15.5. The van der Waals surface area contributed by atoms with Crippen LogP contribution in [0.2, 0.25) is 0 Å². The van der Waals surface area contributed by atoms with Crippen molar-refractivity contribution in [2.75, 3.05) is 0 Å². The summed E-state index contributed by atoms with van der Waals surface area (Å²) in [4.78, 5) is 10.7. The van der Waals surface area contributed by atoms with Crippen molar-refractivity contribution >= 4 is 120 Å². The summed E-state index contributed by atoms with van der Waals surface area (Å²) < 4.78 is 16.2. The van der Waals surface area contributed by atoms with E-state index in [1.807, 2.05) is 12.1 Å². The van der Waals surface area contributed by atoms with E-state index in [0.717, 1.165) is 110 Å². The molecule has 0 aliphatic carbocycles. The number of benzene rings is 10. The molecular formula is C62H34N6OPt. The Kier molecular flexibility index (Phi) is 8.19. The summed E-state index contributed by atoms with van der Waals surface area (Å²) >= 11 is 0. The number of para-hydroxylation sites is 8. The van der Waals surface area contributed by atoms with Gasteiger partial charge in [0.1, 0.15) is 0 Å². The summed E-state index contributed by atoms with van der Waals surface area (Å²) in [6.45, 7) is 0. The zero-order valence-electron chi connectivity index (χ0n) is 37.0. The first-order valence-electron chi connectivity index (χ1n) is 23.3. The van der Waals surface area contributed by atoms with Gasteiger partial charge in [-0.15, -0.1) is 12.1 Å². The van der Waals surface area contributed by atoms with E-state index < -0.39 is 0 Å². The second-order valence-electron chi connectivity index (χ2n) is 17.9. The van der Waals surface area contributed by atoms with Crippen molar-refractivity contribution in [3.05, 3.63) is 218 Å². The maximum absolute atomic E-state index is 6.83. The maximum Gasteiger partial charge on any atom is 2.00 e. The van der Waals surface area contributed by atoms with Crippen LogP contribution in [0.15, 0.2) is 206 Å². The molecule has 0 saturated heterocycles. The van der Waals surface area contributed by atoms with Crippen LogP contribution in [-0.2, 0) is 21.1 Å². The quantitative estimate of drug-likeness (QED) is 0.130. The van der Waals surface area contributed by atoms with Crippen LogP contribution in [0.4, 0.5) is 0 Å². The minimum Gasteiger partial charge on any atom is -0.497 e. The molecule has 0 bridgehead atoms. The number of hydrogen-bond acceptors (Lipinski definition) is 3. The van der Waals surface area contributed by atoms with Gasteiger partial charge >= 0.3 is 21.1 Å². The zero-order valence-corrected chi connectivity index (χ0v) is 39.3. The molecule has 7 nitrogen and oxygen atoms in total. The minimum absolute atomic E-state index is 0. The molecule has 0 saturated carbocycles. The molecule has 10 aromatic carbocycles. The molecule has 6 aromatic heterocycles. The van der Waals surface area contributed by atoms with Gasteiger partial charge in [-0.25, -0.2) is 0 Å². The molecule has 328 valence electrons. The van der Waals surface area contributed by atoms with Gasteiger partial charge in [-0.05, 0) is 83.6 Å². The first-order valence-corrected chi connectivity index (χ1v) is 23.3. The molecule has 0 spiro atoms. The molecule has 0 unspecified atom stereocenters. The third-order valence-electron chi connectivity index (χ3n) is 14.3. The molecule has 0 N–H and O–H groups in total. The molecule has 0 fully saturated rings. The SMILES string of the molecule is [Pt+2].[c-]1c(Oc2[c-]c3c(cc2)c2ccc4c(c5ccccc5n4-c4ccccc4)c2n2c4ccccc4nc32)ccc2c1c1nc3ccccc3n1c1c2ccc2c1c1ccccc1n2-c1ccccc1. The molecule has 0 aliphatic heterocycles. The van der Waals surface area contributed by atoms with Gasteiger partial charge in [0, 0.05) is 55.5 Å². The van der Waals surface area contributed by atoms with Crippen molar-refractivity contribution < 1.29 is 25.8 Å². The molecule has 0 radical (unpaired) electrons. The van der Waals surface area contributed by atoms with Gasteiger partial charge in [0.25, 0.3) is 0 Å². The normalized spacial score (nSPS) is 12.2. The van der Waals surface area contributed by atoms with E-state index in [-0.39, 0.29) is 21.1 Å². The number of imidazole rings is 2. The Morgan fingerprint density at radius 1 is 0.329 bits per heavy atom. The Morgan fingerprint density at radius 3 is 1.17 bits per heavy atom. The van der Waals surface area contributed by atoms with Gasteiger partial charge in [0.15, 0.2) is 0 Å². The Balaban J connectivity index is 0.00000441. The number of fused-ring (bicyclic) bond motifs is 24. The number of ether oxygens (including phenoxy) is 1. The van der Waals surface area contributed by atoms with Crippen molar-refractivity contribution in [3.8, 4) is 22.9 Å². The monoisotopic (exact) mass is 1070 g/mol. The van der Waals surface area contributed by atoms with Crippen LogP contribution in [-0.4, -0.2) is 27.9 Å². The van der Waals surface area contributed by atoms with Crippen molar-refractivity contribution in [2.45, 2.75) is 0 Å². The average molecular weight is 1070 g/mol. The summed E-state index contributed by atoms with van der Waals surface area (Å²) in [5, 5.41) is 10.8. The molecular weight excluding hydrogens is 1040 g/mol. The Bertz CT molecular complexity index is 4560. The average Bonchev–Trinajstić information content (AvgIpc) is 4.18. The van der Waals surface area contributed by atoms with Crippen molar-refractivity contribution in [3.63, 3.8) is 0 Å². The second kappa shape index (κ2) is 14.6. The van der Waals surface area contributed by atoms with E-state index in [0.29, 0.717) is 11.5 Å². The number of rotatable bonds is 4. The standard InChI is InChI=1S/C62H34N6O.Pt/c1-3-15-37(16-4-1)65-51-23-11-7-19-45(51)57-55(65)33-31-43-41-29-27-39(35-47(41)61-63-49-21-9-13-25-53(49)67(61)59(43)57)69-40-28-30-42-44-32-34-56-58(46-20-8-12-24-52(46)66(56)38-17-5-2-6-18-38)60(44)68-54-26-14-10-22-50(54)64-62(68)48(42)36-40;/h1-34H;/q-2;+2. The number of hydrogen-bond donors (Lipinski definition) is 0. The van der Waals surface area contributed by atoms with Crippen LogP contribution in [0, 0.1) is 12.1 Å². The van der Waals surface area contributed by atoms with Crippen LogP contribution in [0.1, 0.15) is 0 Å². The van der Waals surface area contributed by atoms with Gasteiger partial charge < -0.3 is 22.7 Å². The Hall–Kier alpha value is -8.77. The van der Waals surface area contributed by atoms with Gasteiger partial charge in [-0.3, -0.25) is 9.97 Å². The van der Waals surface area contributed by atoms with E-state index in [1.165, 1.54) is 21.5 Å². The fourth-order valence-electron chi connectivity index (χ4n) is 11.5. The molecule has 8 heteroatoms. The summed E-state index contributed by atoms with van der Waals surface area (Å²) in [7, 11) is 0. The fourth-order valence-corrected chi connectivity index (χ4v) is 11.5. The van der Waals surface area contributed by atoms with Crippen molar-refractivity contribution in [1.29, 1.82) is 0 Å². The summed E-state index contributed by atoms with van der Waals surface area (Å²) in [6.07, 6.45) is 0. The third kappa shape index (κ3) is 5.27. The predicted molar refractivity (Wildman–Crippen MR) is 282 cm³/mol. The number of pyridine rings is 2. The van der Waals surface area contributed by atoms with E-state index in [4.69, 9.17) is 14.7 Å². The molecule has 70 heavy (non-hydrogen) atoms. The number of nitrogens with zero attached hydrogens (tertiary/aromatic N) is 6. The summed E-state index contributed by atoms with van der Waals surface area (Å²) in [5.41, 5.74) is 14.6. The first-order chi connectivity index (χ1) is 34.2. The smallest absolute Gasteiger partial charge is 0.497 e. The second-order valence-corrected chi connectivity index (χ2v) is 17.9. The number of aromatic nitrogens is 6. The molecule has 0 atom stereocenters. The molecule has 0 aliphatic rings. The van der Waals surface area contributed by atoms with Gasteiger partial charge in [-0.2, -0.15) is 0 Å². The van der Waals surface area contributed by atoms with Crippen molar-refractivity contribution in [1.82, 2.24) is 27.9 Å². The van der Waals surface area contributed by atoms with Crippen LogP contribution in [0.25, 0.3) is 132 Å². The van der Waals surface area contributed by atoms with Crippen molar-refractivity contribution in [2.24, 2.45) is 0 Å². The molecule has 0 amide bonds. The van der Waals surface area contributed by atoms with Gasteiger partial charge in [0.05, 0.1) is 55.4 Å². The molecule has 16 rings (SSSR count). The topological polar surface area (TPSA) is 53.7 Å². The Morgan fingerprint density at radius 2 is 0.714 bits per heavy atom. The first kappa shape index (κ1) is 39.2. The summed E-state index contributed by atoms with van der Waals surface area (Å²) in [5.74, 6) is 1.16. The summed E-state index contributed by atoms with van der Waals surface area (Å²) in [6, 6.07) is 80.3. The van der Waals surface area contributed by atoms with E-state index in [9.17, 15) is 0 Å². The van der Waals surface area contributed by atoms with Crippen LogP contribution < -0.4 is 4.74 Å². The van der Waals surface area contributed by atoms with Crippen LogP contribution >= 0.6 is 0 Å². The van der Waals surface area contributed by atoms with Crippen LogP contribution in [0.3, 0.4) is 0 Å². The third-order valence-corrected chi connectivity index (χ3v) is 14.3. The molecule has 6 heterocycles. The van der Waals surface area contributed by atoms with E-state index in [1.54, 1.807) is 0 Å². The maximum atomic E-state index is 6.83. The van der Waals surface area contributed by atoms with E-state index >= 15 is 0 Å². The zero-order chi connectivity index (χ0) is 44.9. The fraction of sp³-hybridized carbons (Fsp3) is 0. The van der Waals surface area contributed by atoms with Gasteiger partial charge in [0.2, 0.25) is 0 Å².